The van der Waals surface area contributed by atoms with Gasteiger partial charge in [0.2, 0.25) is 0 Å². The molecule has 0 aliphatic rings. The Morgan fingerprint density at radius 1 is 1.10 bits per heavy atom. The maximum atomic E-state index is 13.6. The normalized spacial score (nSPS) is 12.1. The topological polar surface area (TPSA) is 21.3 Å². The van der Waals surface area contributed by atoms with Crippen LogP contribution < -0.4 is 10.1 Å². The molecule has 2 nitrogen and oxygen atoms in total. The molecule has 0 bridgehead atoms. The van der Waals surface area contributed by atoms with Crippen molar-refractivity contribution in [3.05, 3.63) is 57.8 Å². The van der Waals surface area contributed by atoms with Crippen LogP contribution in [0.5, 0.6) is 5.75 Å². The first-order valence-electron chi connectivity index (χ1n) is 6.06. The van der Waals surface area contributed by atoms with Crippen molar-refractivity contribution < 1.29 is 9.13 Å². The second kappa shape index (κ2) is 6.33. The Morgan fingerprint density at radius 2 is 1.85 bits per heavy atom. The molecule has 5 heteroatoms. The maximum absolute atomic E-state index is 13.6. The van der Waals surface area contributed by atoms with Crippen molar-refractivity contribution in [2.75, 3.05) is 12.4 Å². The summed E-state index contributed by atoms with van der Waals surface area (Å²) in [6, 6.07) is 10.1. The highest BCUT2D eigenvalue weighted by atomic mass is 35.5. The fourth-order valence-corrected chi connectivity index (χ4v) is 2.18. The van der Waals surface area contributed by atoms with Crippen LogP contribution in [0, 0.1) is 5.82 Å². The smallest absolute Gasteiger partial charge is 0.167 e. The van der Waals surface area contributed by atoms with Crippen LogP contribution in [-0.4, -0.2) is 7.11 Å². The van der Waals surface area contributed by atoms with E-state index in [-0.39, 0.29) is 11.8 Å². The van der Waals surface area contributed by atoms with Crippen molar-refractivity contribution in [1.29, 1.82) is 0 Å². The Kier molecular flexibility index (Phi) is 4.73. The van der Waals surface area contributed by atoms with Crippen LogP contribution in [0.1, 0.15) is 18.5 Å². The average molecular weight is 314 g/mol. The van der Waals surface area contributed by atoms with Crippen LogP contribution in [-0.2, 0) is 0 Å². The Balaban J connectivity index is 2.16. The van der Waals surface area contributed by atoms with Gasteiger partial charge in [-0.3, -0.25) is 0 Å². The zero-order chi connectivity index (χ0) is 14.7. The average Bonchev–Trinajstić information content (AvgIpc) is 2.42. The van der Waals surface area contributed by atoms with Gasteiger partial charge in [0, 0.05) is 17.8 Å². The number of ether oxygens (including phenoxy) is 1. The van der Waals surface area contributed by atoms with Crippen LogP contribution in [0.2, 0.25) is 10.0 Å². The molecule has 0 spiro atoms. The molecule has 106 valence electrons. The van der Waals surface area contributed by atoms with E-state index in [2.05, 4.69) is 5.32 Å². The van der Waals surface area contributed by atoms with Gasteiger partial charge in [-0.2, -0.15) is 0 Å². The minimum atomic E-state index is -0.404. The zero-order valence-corrected chi connectivity index (χ0v) is 12.6. The molecule has 0 aliphatic heterocycles. The predicted molar refractivity (Wildman–Crippen MR) is 81.5 cm³/mol. The quantitative estimate of drug-likeness (QED) is 0.825. The number of anilines is 1. The molecular formula is C15H14Cl2FNO. The molecule has 2 aromatic carbocycles. The number of hydrogen-bond donors (Lipinski definition) is 1. The number of nitrogens with one attached hydrogen (secondary N) is 1. The highest BCUT2D eigenvalue weighted by Gasteiger charge is 2.09. The van der Waals surface area contributed by atoms with Crippen molar-refractivity contribution in [2.45, 2.75) is 13.0 Å². The van der Waals surface area contributed by atoms with Gasteiger partial charge in [0.1, 0.15) is 0 Å². The van der Waals surface area contributed by atoms with E-state index < -0.39 is 5.82 Å². The van der Waals surface area contributed by atoms with Gasteiger partial charge < -0.3 is 10.1 Å². The van der Waals surface area contributed by atoms with Crippen molar-refractivity contribution in [3.63, 3.8) is 0 Å². The lowest BCUT2D eigenvalue weighted by molar-refractivity contribution is 0.386. The fraction of sp³-hybridized carbons (Fsp3) is 0.200. The van der Waals surface area contributed by atoms with E-state index in [4.69, 9.17) is 27.9 Å². The number of hydrogen-bond acceptors (Lipinski definition) is 2. The van der Waals surface area contributed by atoms with Crippen LogP contribution in [0.4, 0.5) is 10.1 Å². The summed E-state index contributed by atoms with van der Waals surface area (Å²) in [6.45, 7) is 1.96. The number of methoxy groups -OCH3 is 1. The Morgan fingerprint density at radius 3 is 2.45 bits per heavy atom. The van der Waals surface area contributed by atoms with Crippen LogP contribution >= 0.6 is 23.2 Å². The van der Waals surface area contributed by atoms with E-state index >= 15 is 0 Å². The van der Waals surface area contributed by atoms with E-state index in [1.54, 1.807) is 24.3 Å². The number of benzene rings is 2. The molecule has 20 heavy (non-hydrogen) atoms. The molecule has 0 radical (unpaired) electrons. The van der Waals surface area contributed by atoms with Gasteiger partial charge in [0.25, 0.3) is 0 Å². The standard InChI is InChI=1S/C15H14Cl2FNO/c1-9(10-3-5-12(16)13(17)7-10)19-11-4-6-15(20-2)14(18)8-11/h3-9,19H,1-2H3. The third-order valence-electron chi connectivity index (χ3n) is 2.98. The van der Waals surface area contributed by atoms with Crippen molar-refractivity contribution in [3.8, 4) is 5.75 Å². The molecule has 0 aromatic heterocycles. The third-order valence-corrected chi connectivity index (χ3v) is 3.72. The Hall–Kier alpha value is -1.45. The summed E-state index contributed by atoms with van der Waals surface area (Å²) in [5, 5.41) is 4.21. The van der Waals surface area contributed by atoms with E-state index in [1.165, 1.54) is 13.2 Å². The van der Waals surface area contributed by atoms with Gasteiger partial charge in [-0.05, 0) is 36.8 Å². The SMILES string of the molecule is COc1ccc(NC(C)c2ccc(Cl)c(Cl)c2)cc1F. The first kappa shape index (κ1) is 14.9. The van der Waals surface area contributed by atoms with Crippen molar-refractivity contribution in [1.82, 2.24) is 0 Å². The summed E-state index contributed by atoms with van der Waals surface area (Å²) < 4.78 is 18.5. The van der Waals surface area contributed by atoms with Gasteiger partial charge in [-0.1, -0.05) is 29.3 Å². The summed E-state index contributed by atoms with van der Waals surface area (Å²) in [5.41, 5.74) is 1.64. The molecule has 1 unspecified atom stereocenters. The predicted octanol–water partition coefficient (Wildman–Crippen LogP) is 5.31. The number of halogens is 3. The van der Waals surface area contributed by atoms with Crippen LogP contribution in [0.25, 0.3) is 0 Å². The first-order chi connectivity index (χ1) is 9.51. The summed E-state index contributed by atoms with van der Waals surface area (Å²) in [6.07, 6.45) is 0. The molecular weight excluding hydrogens is 300 g/mol. The first-order valence-corrected chi connectivity index (χ1v) is 6.82. The fourth-order valence-electron chi connectivity index (χ4n) is 1.87. The van der Waals surface area contributed by atoms with Gasteiger partial charge in [0.05, 0.1) is 17.2 Å². The molecule has 2 aromatic rings. The molecule has 0 saturated heterocycles. The minimum Gasteiger partial charge on any atom is -0.494 e. The molecule has 0 saturated carbocycles. The monoisotopic (exact) mass is 313 g/mol. The lowest BCUT2D eigenvalue weighted by atomic mass is 10.1. The van der Waals surface area contributed by atoms with E-state index in [0.29, 0.717) is 15.7 Å². The lowest BCUT2D eigenvalue weighted by Crippen LogP contribution is -2.07. The van der Waals surface area contributed by atoms with E-state index in [1.807, 2.05) is 13.0 Å². The highest BCUT2D eigenvalue weighted by Crippen LogP contribution is 2.28. The van der Waals surface area contributed by atoms with Gasteiger partial charge in [0.15, 0.2) is 11.6 Å². The molecule has 0 amide bonds. The lowest BCUT2D eigenvalue weighted by Gasteiger charge is -2.17. The molecule has 1 N–H and O–H groups in total. The summed E-state index contributed by atoms with van der Waals surface area (Å²) in [5.74, 6) is -0.184. The van der Waals surface area contributed by atoms with Crippen LogP contribution in [0.3, 0.4) is 0 Å². The van der Waals surface area contributed by atoms with Gasteiger partial charge in [-0.25, -0.2) is 4.39 Å². The van der Waals surface area contributed by atoms with E-state index in [0.717, 1.165) is 5.56 Å². The van der Waals surface area contributed by atoms with E-state index in [9.17, 15) is 4.39 Å². The maximum Gasteiger partial charge on any atom is 0.167 e. The highest BCUT2D eigenvalue weighted by molar-refractivity contribution is 6.42. The zero-order valence-electron chi connectivity index (χ0n) is 11.1. The van der Waals surface area contributed by atoms with Gasteiger partial charge >= 0.3 is 0 Å². The van der Waals surface area contributed by atoms with Crippen molar-refractivity contribution in [2.24, 2.45) is 0 Å². The summed E-state index contributed by atoms with van der Waals surface area (Å²) >= 11 is 11.9. The minimum absolute atomic E-state index is 0.0300. The second-order valence-corrected chi connectivity index (χ2v) is 5.20. The Bertz CT molecular complexity index is 619. The third kappa shape index (κ3) is 3.35. The summed E-state index contributed by atoms with van der Waals surface area (Å²) in [4.78, 5) is 0. The molecule has 2 rings (SSSR count). The molecule has 1 atom stereocenters. The number of rotatable bonds is 4. The summed E-state index contributed by atoms with van der Waals surface area (Å²) in [7, 11) is 1.43. The van der Waals surface area contributed by atoms with Crippen molar-refractivity contribution >= 4 is 28.9 Å². The molecule has 0 fully saturated rings. The van der Waals surface area contributed by atoms with Gasteiger partial charge in [-0.15, -0.1) is 0 Å². The second-order valence-electron chi connectivity index (χ2n) is 4.39. The van der Waals surface area contributed by atoms with Crippen LogP contribution in [0.15, 0.2) is 36.4 Å². The Labute approximate surface area is 127 Å². The molecule has 0 aliphatic carbocycles. The largest absolute Gasteiger partial charge is 0.494 e. The molecule has 0 heterocycles.